The minimum atomic E-state index is -0.157. The quantitative estimate of drug-likeness (QED) is 0.811. The third-order valence-corrected chi connectivity index (χ3v) is 5.82. The molecule has 3 atom stereocenters. The monoisotopic (exact) mass is 293 g/mol. The molecule has 118 valence electrons. The number of aliphatic hydroxyl groups is 1. The van der Waals surface area contributed by atoms with Crippen molar-refractivity contribution in [1.82, 2.24) is 4.90 Å². The lowest BCUT2D eigenvalue weighted by molar-refractivity contribution is -0.139. The summed E-state index contributed by atoms with van der Waals surface area (Å²) >= 11 is 0. The van der Waals surface area contributed by atoms with Crippen molar-refractivity contribution in [1.29, 1.82) is 0 Å². The maximum atomic E-state index is 12.1. The van der Waals surface area contributed by atoms with Gasteiger partial charge in [-0.05, 0) is 39.0 Å². The van der Waals surface area contributed by atoms with Gasteiger partial charge in [0.2, 0.25) is 0 Å². The van der Waals surface area contributed by atoms with E-state index in [1.165, 1.54) is 32.1 Å². The second kappa shape index (κ2) is 6.09. The van der Waals surface area contributed by atoms with Crippen molar-refractivity contribution in [2.24, 2.45) is 5.92 Å². The minimum Gasteiger partial charge on any atom is -0.463 e. The maximum absolute atomic E-state index is 12.1. The van der Waals surface area contributed by atoms with Gasteiger partial charge in [-0.15, -0.1) is 0 Å². The molecule has 2 fully saturated rings. The highest BCUT2D eigenvalue weighted by molar-refractivity contribution is 5.89. The van der Waals surface area contributed by atoms with Crippen LogP contribution in [0, 0.1) is 5.92 Å². The molecule has 1 aliphatic carbocycles. The number of hydrogen-bond donors (Lipinski definition) is 1. The van der Waals surface area contributed by atoms with Gasteiger partial charge < -0.3 is 9.84 Å². The third-order valence-electron chi connectivity index (χ3n) is 5.82. The van der Waals surface area contributed by atoms with Crippen molar-refractivity contribution in [2.75, 3.05) is 19.8 Å². The van der Waals surface area contributed by atoms with Crippen molar-refractivity contribution in [2.45, 2.75) is 63.5 Å². The zero-order valence-corrected chi connectivity index (χ0v) is 13.0. The summed E-state index contributed by atoms with van der Waals surface area (Å²) in [6.07, 6.45) is 10.2. The van der Waals surface area contributed by atoms with Gasteiger partial charge in [-0.3, -0.25) is 4.90 Å². The third kappa shape index (κ3) is 2.53. The van der Waals surface area contributed by atoms with Gasteiger partial charge >= 0.3 is 5.97 Å². The Kier molecular flexibility index (Phi) is 4.36. The van der Waals surface area contributed by atoms with Crippen LogP contribution in [0.1, 0.15) is 51.9 Å². The molecule has 1 saturated heterocycles. The van der Waals surface area contributed by atoms with E-state index in [1.54, 1.807) is 0 Å². The molecule has 1 saturated carbocycles. The van der Waals surface area contributed by atoms with E-state index in [1.807, 2.05) is 6.92 Å². The molecular weight excluding hydrogens is 266 g/mol. The molecule has 1 spiro atoms. The van der Waals surface area contributed by atoms with Crippen molar-refractivity contribution in [3.63, 3.8) is 0 Å². The molecule has 2 aliphatic heterocycles. The van der Waals surface area contributed by atoms with Gasteiger partial charge in [0.1, 0.15) is 0 Å². The fourth-order valence-corrected chi connectivity index (χ4v) is 4.83. The van der Waals surface area contributed by atoms with Gasteiger partial charge in [0, 0.05) is 36.2 Å². The van der Waals surface area contributed by atoms with E-state index >= 15 is 0 Å². The largest absolute Gasteiger partial charge is 0.463 e. The summed E-state index contributed by atoms with van der Waals surface area (Å²) < 4.78 is 5.18. The highest BCUT2D eigenvalue weighted by atomic mass is 16.5. The smallest absolute Gasteiger partial charge is 0.334 e. The van der Waals surface area contributed by atoms with E-state index in [-0.39, 0.29) is 18.1 Å². The van der Waals surface area contributed by atoms with Gasteiger partial charge in [0.25, 0.3) is 0 Å². The Morgan fingerprint density at radius 2 is 2.19 bits per heavy atom. The van der Waals surface area contributed by atoms with Crippen molar-refractivity contribution < 1.29 is 14.6 Å². The van der Waals surface area contributed by atoms with Crippen LogP contribution in [0.15, 0.2) is 11.6 Å². The van der Waals surface area contributed by atoms with Crippen LogP contribution in [-0.4, -0.2) is 47.3 Å². The molecule has 4 nitrogen and oxygen atoms in total. The molecule has 1 N–H and O–H groups in total. The topological polar surface area (TPSA) is 49.8 Å². The average Bonchev–Trinajstić information content (AvgIpc) is 2.91. The first-order chi connectivity index (χ1) is 10.2. The first-order valence-electron chi connectivity index (χ1n) is 8.45. The summed E-state index contributed by atoms with van der Waals surface area (Å²) in [5.74, 6) is 0.220. The SMILES string of the molecule is CCOC(=O)C1=CC[C@H]2CCC[C@]3(CCC[C@@H]3CO)N2C1. The van der Waals surface area contributed by atoms with Crippen LogP contribution in [0.25, 0.3) is 0 Å². The Hall–Kier alpha value is -0.870. The molecule has 0 aromatic carbocycles. The van der Waals surface area contributed by atoms with E-state index in [0.29, 0.717) is 25.1 Å². The highest BCUT2D eigenvalue weighted by Gasteiger charge is 2.51. The minimum absolute atomic E-state index is 0.129. The summed E-state index contributed by atoms with van der Waals surface area (Å²) in [7, 11) is 0. The molecule has 0 aromatic rings. The van der Waals surface area contributed by atoms with Crippen LogP contribution >= 0.6 is 0 Å². The lowest BCUT2D eigenvalue weighted by Gasteiger charge is -2.54. The van der Waals surface area contributed by atoms with Crippen molar-refractivity contribution in [3.05, 3.63) is 11.6 Å². The summed E-state index contributed by atoms with van der Waals surface area (Å²) in [5, 5.41) is 9.80. The molecule has 0 radical (unpaired) electrons. The Morgan fingerprint density at radius 3 is 2.90 bits per heavy atom. The number of carbonyl (C=O) groups excluding carboxylic acids is 1. The van der Waals surface area contributed by atoms with Gasteiger partial charge in [0.15, 0.2) is 0 Å². The van der Waals surface area contributed by atoms with Gasteiger partial charge in [-0.1, -0.05) is 18.9 Å². The summed E-state index contributed by atoms with van der Waals surface area (Å²) in [6, 6.07) is 0.545. The van der Waals surface area contributed by atoms with E-state index < -0.39 is 0 Å². The molecule has 0 unspecified atom stereocenters. The molecule has 4 heteroatoms. The Morgan fingerprint density at radius 1 is 1.43 bits per heavy atom. The fraction of sp³-hybridized carbons (Fsp3) is 0.824. The number of nitrogens with zero attached hydrogens (tertiary/aromatic N) is 1. The van der Waals surface area contributed by atoms with Crippen molar-refractivity contribution in [3.8, 4) is 0 Å². The molecule has 2 heterocycles. The molecular formula is C17H27NO3. The second-order valence-corrected chi connectivity index (χ2v) is 6.73. The van der Waals surface area contributed by atoms with E-state index in [2.05, 4.69) is 11.0 Å². The number of ether oxygens (including phenoxy) is 1. The summed E-state index contributed by atoms with van der Waals surface area (Å²) in [5.41, 5.74) is 0.946. The first kappa shape index (κ1) is 15.0. The number of fused-ring (bicyclic) bond motifs is 2. The summed E-state index contributed by atoms with van der Waals surface area (Å²) in [6.45, 7) is 3.27. The van der Waals surface area contributed by atoms with Gasteiger partial charge in [0.05, 0.1) is 6.61 Å². The predicted octanol–water partition coefficient (Wildman–Crippen LogP) is 2.27. The molecule has 3 aliphatic rings. The van der Waals surface area contributed by atoms with E-state index in [4.69, 9.17) is 4.74 Å². The zero-order valence-electron chi connectivity index (χ0n) is 13.0. The zero-order chi connectivity index (χ0) is 14.9. The normalized spacial score (nSPS) is 36.4. The van der Waals surface area contributed by atoms with Gasteiger partial charge in [-0.25, -0.2) is 4.79 Å². The van der Waals surface area contributed by atoms with Crippen LogP contribution < -0.4 is 0 Å². The molecule has 3 rings (SSSR count). The van der Waals surface area contributed by atoms with Crippen LogP contribution in [0.2, 0.25) is 0 Å². The first-order valence-corrected chi connectivity index (χ1v) is 8.45. The Balaban J connectivity index is 1.83. The molecule has 0 aromatic heterocycles. The summed E-state index contributed by atoms with van der Waals surface area (Å²) in [4.78, 5) is 14.6. The predicted molar refractivity (Wildman–Crippen MR) is 80.8 cm³/mol. The van der Waals surface area contributed by atoms with Crippen LogP contribution in [0.3, 0.4) is 0 Å². The fourth-order valence-electron chi connectivity index (χ4n) is 4.83. The number of hydrogen-bond acceptors (Lipinski definition) is 4. The van der Waals surface area contributed by atoms with Crippen LogP contribution in [-0.2, 0) is 9.53 Å². The lowest BCUT2D eigenvalue weighted by atomic mass is 9.74. The number of esters is 1. The standard InChI is InChI=1S/C17H27NO3/c1-2-21-16(20)13-7-8-15-6-4-10-17(18(15)11-13)9-3-5-14(17)12-19/h7,14-15,19H,2-6,8-12H2,1H3/t14-,15-,17+/m1/s1. The number of rotatable bonds is 3. The van der Waals surface area contributed by atoms with E-state index in [0.717, 1.165) is 18.4 Å². The van der Waals surface area contributed by atoms with E-state index in [9.17, 15) is 9.90 Å². The molecule has 21 heavy (non-hydrogen) atoms. The van der Waals surface area contributed by atoms with Crippen LogP contribution in [0.4, 0.5) is 0 Å². The van der Waals surface area contributed by atoms with Crippen molar-refractivity contribution >= 4 is 5.97 Å². The second-order valence-electron chi connectivity index (χ2n) is 6.73. The lowest BCUT2D eigenvalue weighted by Crippen LogP contribution is -2.60. The van der Waals surface area contributed by atoms with Gasteiger partial charge in [-0.2, -0.15) is 0 Å². The average molecular weight is 293 g/mol. The Labute approximate surface area is 127 Å². The molecule has 0 bridgehead atoms. The number of aliphatic hydroxyl groups excluding tert-OH is 1. The van der Waals surface area contributed by atoms with Crippen LogP contribution in [0.5, 0.6) is 0 Å². The number of carbonyl (C=O) groups is 1. The highest BCUT2D eigenvalue weighted by Crippen LogP contribution is 2.49. The Bertz CT molecular complexity index is 434. The maximum Gasteiger partial charge on any atom is 0.334 e. The molecule has 0 amide bonds. The number of piperidine rings is 1.